The van der Waals surface area contributed by atoms with Crippen LogP contribution in [0.5, 0.6) is 0 Å². The van der Waals surface area contributed by atoms with E-state index in [1.165, 1.54) is 28.0 Å². The molecule has 4 amide bonds. The highest BCUT2D eigenvalue weighted by atomic mass is 19.4. The average Bonchev–Trinajstić information content (AvgIpc) is 2.92. The Morgan fingerprint density at radius 1 is 0.812 bits per heavy atom. The number of fused-ring (bicyclic) bond motifs is 1. The molecule has 7 nitrogen and oxygen atoms in total. The Morgan fingerprint density at radius 2 is 1.44 bits per heavy atom. The van der Waals surface area contributed by atoms with Crippen molar-refractivity contribution in [2.45, 2.75) is 50.7 Å². The first-order chi connectivity index (χ1) is 15.2. The minimum Gasteiger partial charge on any atom is -0.337 e. The van der Waals surface area contributed by atoms with Crippen molar-refractivity contribution < 1.29 is 32.3 Å². The molecule has 2 aliphatic heterocycles. The van der Waals surface area contributed by atoms with E-state index in [4.69, 9.17) is 0 Å². The van der Waals surface area contributed by atoms with Gasteiger partial charge in [0, 0.05) is 37.8 Å². The Morgan fingerprint density at radius 3 is 2.12 bits per heavy atom. The third-order valence-corrected chi connectivity index (χ3v) is 6.42. The molecule has 0 bridgehead atoms. The van der Waals surface area contributed by atoms with Gasteiger partial charge >= 0.3 is 12.1 Å². The van der Waals surface area contributed by atoms with Crippen LogP contribution in [-0.2, 0) is 4.79 Å². The molecular formula is C22H24F3N3O4. The van der Waals surface area contributed by atoms with Gasteiger partial charge in [-0.2, -0.15) is 13.2 Å². The van der Waals surface area contributed by atoms with Gasteiger partial charge in [-0.25, -0.2) is 0 Å². The van der Waals surface area contributed by atoms with Gasteiger partial charge < -0.3 is 9.80 Å². The van der Waals surface area contributed by atoms with Crippen molar-refractivity contribution in [3.05, 3.63) is 34.9 Å². The lowest BCUT2D eigenvalue weighted by molar-refractivity contribution is -0.185. The molecule has 0 atom stereocenters. The van der Waals surface area contributed by atoms with Gasteiger partial charge in [-0.3, -0.25) is 24.1 Å². The number of imide groups is 1. The molecule has 2 fully saturated rings. The second-order valence-electron chi connectivity index (χ2n) is 8.47. The van der Waals surface area contributed by atoms with E-state index < -0.39 is 23.9 Å². The Balaban J connectivity index is 1.48. The second kappa shape index (κ2) is 8.55. The van der Waals surface area contributed by atoms with Gasteiger partial charge in [0.25, 0.3) is 17.7 Å². The van der Waals surface area contributed by atoms with Gasteiger partial charge in [0.2, 0.25) is 0 Å². The van der Waals surface area contributed by atoms with Crippen LogP contribution in [0.2, 0.25) is 0 Å². The van der Waals surface area contributed by atoms with Crippen LogP contribution < -0.4 is 0 Å². The van der Waals surface area contributed by atoms with E-state index in [0.717, 1.165) is 32.1 Å². The number of halogens is 3. The maximum absolute atomic E-state index is 13.0. The first-order valence-electron chi connectivity index (χ1n) is 10.9. The molecule has 1 saturated carbocycles. The van der Waals surface area contributed by atoms with Crippen LogP contribution in [0.15, 0.2) is 18.2 Å². The average molecular weight is 451 g/mol. The smallest absolute Gasteiger partial charge is 0.337 e. The molecule has 10 heteroatoms. The van der Waals surface area contributed by atoms with Crippen LogP contribution in [0.4, 0.5) is 13.2 Å². The van der Waals surface area contributed by atoms with Crippen LogP contribution >= 0.6 is 0 Å². The summed E-state index contributed by atoms with van der Waals surface area (Å²) in [5.74, 6) is -3.09. The summed E-state index contributed by atoms with van der Waals surface area (Å²) < 4.78 is 38.1. The highest BCUT2D eigenvalue weighted by Crippen LogP contribution is 2.31. The summed E-state index contributed by atoms with van der Waals surface area (Å²) in [6.45, 7) is -0.158. The van der Waals surface area contributed by atoms with Crippen molar-refractivity contribution in [3.8, 4) is 0 Å². The van der Waals surface area contributed by atoms with Gasteiger partial charge in [0.15, 0.2) is 0 Å². The lowest BCUT2D eigenvalue weighted by Gasteiger charge is -2.29. The van der Waals surface area contributed by atoms with Crippen molar-refractivity contribution >= 4 is 23.6 Å². The monoisotopic (exact) mass is 451 g/mol. The standard InChI is InChI=1S/C22H24F3N3O4/c23-22(24,25)21(32)27-10-4-9-26(11-12-27)18(29)14-7-8-16-17(13-14)20(31)28(19(16)30)15-5-2-1-3-6-15/h7-8,13,15H,1-6,9-12H2. The van der Waals surface area contributed by atoms with Crippen molar-refractivity contribution in [3.63, 3.8) is 0 Å². The molecule has 0 unspecified atom stereocenters. The first kappa shape index (κ1) is 22.3. The zero-order valence-corrected chi connectivity index (χ0v) is 17.5. The van der Waals surface area contributed by atoms with Crippen molar-refractivity contribution in [1.82, 2.24) is 14.7 Å². The molecule has 2 heterocycles. The molecule has 0 spiro atoms. The number of benzene rings is 1. The molecule has 1 aromatic rings. The van der Waals surface area contributed by atoms with E-state index in [-0.39, 0.29) is 61.2 Å². The van der Waals surface area contributed by atoms with Crippen LogP contribution in [0.25, 0.3) is 0 Å². The van der Waals surface area contributed by atoms with E-state index >= 15 is 0 Å². The van der Waals surface area contributed by atoms with E-state index in [2.05, 4.69) is 0 Å². The topological polar surface area (TPSA) is 78.0 Å². The van der Waals surface area contributed by atoms with Gasteiger partial charge in [-0.15, -0.1) is 0 Å². The summed E-state index contributed by atoms with van der Waals surface area (Å²) in [5, 5.41) is 0. The Labute approximate surface area is 183 Å². The number of alkyl halides is 3. The van der Waals surface area contributed by atoms with Gasteiger partial charge in [0.1, 0.15) is 0 Å². The third-order valence-electron chi connectivity index (χ3n) is 6.42. The molecule has 3 aliphatic rings. The van der Waals surface area contributed by atoms with E-state index in [0.29, 0.717) is 4.90 Å². The van der Waals surface area contributed by atoms with Crippen LogP contribution in [0, 0.1) is 0 Å². The van der Waals surface area contributed by atoms with Crippen molar-refractivity contribution in [2.24, 2.45) is 0 Å². The lowest BCUT2D eigenvalue weighted by Crippen LogP contribution is -2.43. The molecule has 1 aromatic carbocycles. The molecule has 1 aliphatic carbocycles. The maximum Gasteiger partial charge on any atom is 0.471 e. The number of hydrogen-bond donors (Lipinski definition) is 0. The fourth-order valence-corrected chi connectivity index (χ4v) is 4.75. The van der Waals surface area contributed by atoms with Crippen molar-refractivity contribution in [1.29, 1.82) is 0 Å². The molecule has 1 saturated heterocycles. The lowest BCUT2D eigenvalue weighted by atomic mass is 9.94. The Bertz CT molecular complexity index is 956. The summed E-state index contributed by atoms with van der Waals surface area (Å²) in [7, 11) is 0. The van der Waals surface area contributed by atoms with Crippen molar-refractivity contribution in [2.75, 3.05) is 26.2 Å². The Hall–Kier alpha value is -2.91. The van der Waals surface area contributed by atoms with Gasteiger partial charge in [0.05, 0.1) is 11.1 Å². The molecule has 0 N–H and O–H groups in total. The molecular weight excluding hydrogens is 427 g/mol. The quantitative estimate of drug-likeness (QED) is 0.648. The molecule has 0 aromatic heterocycles. The molecule has 0 radical (unpaired) electrons. The summed E-state index contributed by atoms with van der Waals surface area (Å²) in [6.07, 6.45) is -0.173. The van der Waals surface area contributed by atoms with E-state index in [1.807, 2.05) is 0 Å². The number of rotatable bonds is 2. The largest absolute Gasteiger partial charge is 0.471 e. The zero-order valence-electron chi connectivity index (χ0n) is 17.5. The highest BCUT2D eigenvalue weighted by molar-refractivity contribution is 6.22. The minimum absolute atomic E-state index is 0.0428. The number of amides is 4. The summed E-state index contributed by atoms with van der Waals surface area (Å²) in [6, 6.07) is 4.23. The highest BCUT2D eigenvalue weighted by Gasteiger charge is 2.43. The summed E-state index contributed by atoms with van der Waals surface area (Å²) in [4.78, 5) is 53.6. The van der Waals surface area contributed by atoms with Crippen LogP contribution in [0.3, 0.4) is 0 Å². The van der Waals surface area contributed by atoms with Crippen LogP contribution in [0.1, 0.15) is 69.6 Å². The normalized spacial score (nSPS) is 20.4. The predicted molar refractivity (Wildman–Crippen MR) is 107 cm³/mol. The Kier molecular flexibility index (Phi) is 5.96. The van der Waals surface area contributed by atoms with E-state index in [9.17, 15) is 32.3 Å². The number of nitrogens with zero attached hydrogens (tertiary/aromatic N) is 3. The van der Waals surface area contributed by atoms with E-state index in [1.54, 1.807) is 0 Å². The zero-order chi connectivity index (χ0) is 23.0. The summed E-state index contributed by atoms with van der Waals surface area (Å²) >= 11 is 0. The maximum atomic E-state index is 13.0. The first-order valence-corrected chi connectivity index (χ1v) is 10.9. The number of hydrogen-bond acceptors (Lipinski definition) is 4. The molecule has 32 heavy (non-hydrogen) atoms. The van der Waals surface area contributed by atoms with Crippen LogP contribution in [-0.4, -0.2) is 76.7 Å². The second-order valence-corrected chi connectivity index (χ2v) is 8.47. The fourth-order valence-electron chi connectivity index (χ4n) is 4.75. The number of carbonyl (C=O) groups is 4. The molecule has 172 valence electrons. The SMILES string of the molecule is O=C(c1ccc2c(c1)C(=O)N(C1CCCCC1)C2=O)N1CCCN(C(=O)C(F)(F)F)CC1. The minimum atomic E-state index is -4.95. The number of carbonyl (C=O) groups excluding carboxylic acids is 4. The predicted octanol–water partition coefficient (Wildman–Crippen LogP) is 2.85. The molecule has 4 rings (SSSR count). The summed E-state index contributed by atoms with van der Waals surface area (Å²) in [5.41, 5.74) is 0.663. The van der Waals surface area contributed by atoms with Gasteiger partial charge in [-0.05, 0) is 37.5 Å². The van der Waals surface area contributed by atoms with Gasteiger partial charge in [-0.1, -0.05) is 19.3 Å². The third kappa shape index (κ3) is 4.10. The fraction of sp³-hybridized carbons (Fsp3) is 0.545.